The van der Waals surface area contributed by atoms with Crippen molar-refractivity contribution in [3.05, 3.63) is 40.6 Å². The normalized spacial score (nSPS) is 17.3. The molecular weight excluding hydrogens is 309 g/mol. The second-order valence-electron chi connectivity index (χ2n) is 4.24. The maximum Gasteiger partial charge on any atom is 0.434 e. The van der Waals surface area contributed by atoms with Gasteiger partial charge in [0.15, 0.2) is 11.5 Å². The minimum atomic E-state index is -4.66. The third-order valence-corrected chi connectivity index (χ3v) is 2.96. The molecule has 0 fully saturated rings. The standard InChI is InChI=1S/C13H10ClF3N2O2/c14-7-1-2-10(20)8(5-7)11(21)6-9-12(13(15,16)17)19-4-3-18-9/h1-2,5-6,18,20H,3-4H2/b9-6-. The van der Waals surface area contributed by atoms with Crippen LogP contribution in [0.1, 0.15) is 10.4 Å². The van der Waals surface area contributed by atoms with Crippen LogP contribution in [0.25, 0.3) is 0 Å². The lowest BCUT2D eigenvalue weighted by Gasteiger charge is -2.19. The van der Waals surface area contributed by atoms with Crippen LogP contribution in [-0.4, -0.2) is 35.9 Å². The van der Waals surface area contributed by atoms with Crippen molar-refractivity contribution in [1.29, 1.82) is 0 Å². The van der Waals surface area contributed by atoms with Gasteiger partial charge < -0.3 is 10.4 Å². The fourth-order valence-electron chi connectivity index (χ4n) is 1.80. The second kappa shape index (κ2) is 5.77. The maximum atomic E-state index is 12.8. The van der Waals surface area contributed by atoms with E-state index in [2.05, 4.69) is 10.3 Å². The van der Waals surface area contributed by atoms with Crippen molar-refractivity contribution in [3.63, 3.8) is 0 Å². The van der Waals surface area contributed by atoms with E-state index < -0.39 is 23.4 Å². The van der Waals surface area contributed by atoms with Crippen molar-refractivity contribution in [3.8, 4) is 5.75 Å². The van der Waals surface area contributed by atoms with Crippen LogP contribution in [0.15, 0.2) is 35.0 Å². The number of ketones is 1. The Balaban J connectivity index is 2.38. The molecule has 0 saturated heterocycles. The number of halogens is 4. The summed E-state index contributed by atoms with van der Waals surface area (Å²) in [6, 6.07) is 3.74. The minimum Gasteiger partial charge on any atom is -0.507 e. The zero-order valence-corrected chi connectivity index (χ0v) is 11.3. The van der Waals surface area contributed by atoms with Crippen LogP contribution in [0.4, 0.5) is 13.2 Å². The molecule has 0 aliphatic carbocycles. The van der Waals surface area contributed by atoms with Crippen LogP contribution in [0.5, 0.6) is 5.75 Å². The van der Waals surface area contributed by atoms with E-state index in [9.17, 15) is 23.1 Å². The number of carbonyl (C=O) groups excluding carboxylic acids is 1. The summed E-state index contributed by atoms with van der Waals surface area (Å²) in [5.74, 6) is -1.15. The SMILES string of the molecule is O=C(/C=C1\NCCN=C1C(F)(F)F)c1cc(Cl)ccc1O. The number of hydrogen-bond acceptors (Lipinski definition) is 4. The molecule has 1 aromatic rings. The molecule has 2 N–H and O–H groups in total. The maximum absolute atomic E-state index is 12.8. The topological polar surface area (TPSA) is 61.7 Å². The van der Waals surface area contributed by atoms with Gasteiger partial charge in [-0.25, -0.2) is 0 Å². The molecule has 8 heteroatoms. The fourth-order valence-corrected chi connectivity index (χ4v) is 1.98. The van der Waals surface area contributed by atoms with E-state index in [0.717, 1.165) is 6.08 Å². The van der Waals surface area contributed by atoms with Gasteiger partial charge in [0.05, 0.1) is 17.8 Å². The van der Waals surface area contributed by atoms with Gasteiger partial charge in [-0.3, -0.25) is 9.79 Å². The Kier molecular flexibility index (Phi) is 4.22. The number of rotatable bonds is 2. The first kappa shape index (κ1) is 15.4. The zero-order valence-electron chi connectivity index (χ0n) is 10.5. The van der Waals surface area contributed by atoms with Crippen LogP contribution < -0.4 is 5.32 Å². The van der Waals surface area contributed by atoms with Crippen LogP contribution in [0, 0.1) is 0 Å². The van der Waals surface area contributed by atoms with Gasteiger partial charge in [-0.1, -0.05) is 11.6 Å². The molecule has 0 unspecified atom stereocenters. The number of carbonyl (C=O) groups is 1. The van der Waals surface area contributed by atoms with E-state index in [4.69, 9.17) is 11.6 Å². The molecule has 0 bridgehead atoms. The third-order valence-electron chi connectivity index (χ3n) is 2.72. The summed E-state index contributed by atoms with van der Waals surface area (Å²) in [6.07, 6.45) is -3.90. The molecular formula is C13H10ClF3N2O2. The second-order valence-corrected chi connectivity index (χ2v) is 4.68. The number of hydrogen-bond donors (Lipinski definition) is 2. The van der Waals surface area contributed by atoms with Gasteiger partial charge in [-0.2, -0.15) is 13.2 Å². The molecule has 4 nitrogen and oxygen atoms in total. The number of nitrogens with one attached hydrogen (secondary N) is 1. The fraction of sp³-hybridized carbons (Fsp3) is 0.231. The molecule has 2 rings (SSSR count). The highest BCUT2D eigenvalue weighted by molar-refractivity contribution is 6.31. The summed E-state index contributed by atoms with van der Waals surface area (Å²) < 4.78 is 38.4. The molecule has 0 aromatic heterocycles. The summed E-state index contributed by atoms with van der Waals surface area (Å²) in [4.78, 5) is 15.4. The summed E-state index contributed by atoms with van der Waals surface area (Å²) >= 11 is 5.70. The Morgan fingerprint density at radius 2 is 2.14 bits per heavy atom. The smallest absolute Gasteiger partial charge is 0.434 e. The van der Waals surface area contributed by atoms with E-state index in [0.29, 0.717) is 0 Å². The van der Waals surface area contributed by atoms with Gasteiger partial charge in [0.2, 0.25) is 0 Å². The lowest BCUT2D eigenvalue weighted by molar-refractivity contribution is -0.0589. The van der Waals surface area contributed by atoms with Crippen molar-refractivity contribution < 1.29 is 23.1 Å². The number of nitrogens with zero attached hydrogens (tertiary/aromatic N) is 1. The molecule has 0 saturated carbocycles. The van der Waals surface area contributed by atoms with E-state index in [1.54, 1.807) is 0 Å². The van der Waals surface area contributed by atoms with Crippen molar-refractivity contribution in [2.75, 3.05) is 13.1 Å². The van der Waals surface area contributed by atoms with Gasteiger partial charge >= 0.3 is 6.18 Å². The molecule has 0 spiro atoms. The highest BCUT2D eigenvalue weighted by atomic mass is 35.5. The van der Waals surface area contributed by atoms with E-state index in [-0.39, 0.29) is 29.4 Å². The Morgan fingerprint density at radius 3 is 2.81 bits per heavy atom. The molecule has 21 heavy (non-hydrogen) atoms. The van der Waals surface area contributed by atoms with Gasteiger partial charge in [-0.15, -0.1) is 0 Å². The highest BCUT2D eigenvalue weighted by Gasteiger charge is 2.39. The van der Waals surface area contributed by atoms with Crippen molar-refractivity contribution in [2.24, 2.45) is 4.99 Å². The number of benzene rings is 1. The number of phenolic OH excluding ortho intramolecular Hbond substituents is 1. The van der Waals surface area contributed by atoms with Crippen LogP contribution >= 0.6 is 11.6 Å². The predicted octanol–water partition coefficient (Wildman–Crippen LogP) is 2.72. The first-order valence-electron chi connectivity index (χ1n) is 5.89. The number of aliphatic imine (C=N–C) groups is 1. The number of allylic oxidation sites excluding steroid dienone is 2. The lowest BCUT2D eigenvalue weighted by Crippen LogP contribution is -2.37. The third kappa shape index (κ3) is 3.55. The van der Waals surface area contributed by atoms with E-state index in [1.165, 1.54) is 18.2 Å². The van der Waals surface area contributed by atoms with E-state index in [1.807, 2.05) is 0 Å². The van der Waals surface area contributed by atoms with Gasteiger partial charge in [0, 0.05) is 17.6 Å². The summed E-state index contributed by atoms with van der Waals surface area (Å²) in [6.45, 7) is 0.170. The average molecular weight is 319 g/mol. The average Bonchev–Trinajstić information content (AvgIpc) is 2.41. The minimum absolute atomic E-state index is 0.0250. The Labute approximate surface area is 122 Å². The summed E-state index contributed by atoms with van der Waals surface area (Å²) in [7, 11) is 0. The molecule has 1 heterocycles. The zero-order chi connectivity index (χ0) is 15.6. The number of aromatic hydroxyl groups is 1. The molecule has 1 aliphatic rings. The van der Waals surface area contributed by atoms with Gasteiger partial charge in [-0.05, 0) is 18.2 Å². The first-order valence-corrected chi connectivity index (χ1v) is 6.27. The molecule has 1 aromatic carbocycles. The Hall–Kier alpha value is -2.02. The monoisotopic (exact) mass is 318 g/mol. The van der Waals surface area contributed by atoms with Crippen LogP contribution in [0.3, 0.4) is 0 Å². The van der Waals surface area contributed by atoms with Crippen molar-refractivity contribution >= 4 is 23.1 Å². The van der Waals surface area contributed by atoms with Gasteiger partial charge in [0.25, 0.3) is 0 Å². The van der Waals surface area contributed by atoms with Crippen LogP contribution in [-0.2, 0) is 0 Å². The summed E-state index contributed by atoms with van der Waals surface area (Å²) in [5.41, 5.74) is -1.73. The van der Waals surface area contributed by atoms with Gasteiger partial charge in [0.1, 0.15) is 5.75 Å². The number of phenols is 1. The van der Waals surface area contributed by atoms with E-state index >= 15 is 0 Å². The Bertz CT molecular complexity index is 639. The molecule has 1 aliphatic heterocycles. The molecule has 0 amide bonds. The molecule has 0 radical (unpaired) electrons. The lowest BCUT2D eigenvalue weighted by atomic mass is 10.1. The highest BCUT2D eigenvalue weighted by Crippen LogP contribution is 2.25. The predicted molar refractivity (Wildman–Crippen MR) is 71.9 cm³/mol. The summed E-state index contributed by atoms with van der Waals surface area (Å²) in [5, 5.41) is 12.3. The first-order chi connectivity index (χ1) is 9.79. The Morgan fingerprint density at radius 1 is 1.43 bits per heavy atom. The van der Waals surface area contributed by atoms with Crippen molar-refractivity contribution in [1.82, 2.24) is 5.32 Å². The molecule has 112 valence electrons. The largest absolute Gasteiger partial charge is 0.507 e. The quantitative estimate of drug-likeness (QED) is 0.651. The van der Waals surface area contributed by atoms with Crippen LogP contribution in [0.2, 0.25) is 5.02 Å². The van der Waals surface area contributed by atoms with Crippen molar-refractivity contribution in [2.45, 2.75) is 6.18 Å². The molecule has 0 atom stereocenters. The number of alkyl halides is 3.